The Kier molecular flexibility index (Phi) is 5.25. The molecule has 3 rings (SSSR count). The van der Waals surface area contributed by atoms with Gasteiger partial charge in [-0.25, -0.2) is 9.20 Å². The first-order valence-corrected chi connectivity index (χ1v) is 8.84. The molecule has 0 unspecified atom stereocenters. The molecule has 27 heavy (non-hydrogen) atoms. The van der Waals surface area contributed by atoms with Gasteiger partial charge in [0.05, 0.1) is 12.8 Å². The third-order valence-corrected chi connectivity index (χ3v) is 4.43. The van der Waals surface area contributed by atoms with Crippen molar-refractivity contribution in [3.05, 3.63) is 46.5 Å². The van der Waals surface area contributed by atoms with E-state index in [1.54, 1.807) is 20.1 Å². The van der Waals surface area contributed by atoms with Gasteiger partial charge in [0.1, 0.15) is 23.6 Å². The maximum absolute atomic E-state index is 12.8. The number of fused-ring (bicyclic) bond motifs is 1. The van der Waals surface area contributed by atoms with Gasteiger partial charge in [-0.3, -0.25) is 9.59 Å². The van der Waals surface area contributed by atoms with E-state index in [9.17, 15) is 9.59 Å². The number of carbonyl (C=O) groups is 1. The summed E-state index contributed by atoms with van der Waals surface area (Å²) >= 11 is 0. The van der Waals surface area contributed by atoms with Crippen LogP contribution in [0.4, 0.5) is 0 Å². The summed E-state index contributed by atoms with van der Waals surface area (Å²) in [6, 6.07) is 9.18. The molecule has 0 bridgehead atoms. The minimum atomic E-state index is -0.354. The van der Waals surface area contributed by atoms with E-state index in [0.717, 1.165) is 17.7 Å². The monoisotopic (exact) mass is 369 g/mol. The van der Waals surface area contributed by atoms with Crippen LogP contribution in [0.15, 0.2) is 35.1 Å². The Morgan fingerprint density at radius 2 is 1.96 bits per heavy atom. The number of carbonyl (C=O) groups excluding carboxylic acids is 1. The Labute approximate surface area is 156 Å². The minimum Gasteiger partial charge on any atom is -0.497 e. The van der Waals surface area contributed by atoms with Crippen molar-refractivity contribution in [2.45, 2.75) is 39.8 Å². The fourth-order valence-corrected chi connectivity index (χ4v) is 2.74. The number of nitrogens with zero attached hydrogens (tertiary/aromatic N) is 4. The standard InChI is InChI=1S/C19H23N5O3/c1-5-12(2)20-18(25)11-23-19(26)17-10-16(22-24(17)13(3)21-23)14-6-8-15(27-4)9-7-14/h6-10,12H,5,11H2,1-4H3,(H,20,25)/t12-/m1/s1. The second-order valence-electron chi connectivity index (χ2n) is 6.44. The molecule has 0 aliphatic rings. The normalized spacial score (nSPS) is 12.1. The molecule has 3 aromatic rings. The van der Waals surface area contributed by atoms with Gasteiger partial charge in [-0.1, -0.05) is 6.92 Å². The van der Waals surface area contributed by atoms with Gasteiger partial charge < -0.3 is 10.1 Å². The molecule has 0 saturated carbocycles. The molecular weight excluding hydrogens is 346 g/mol. The topological polar surface area (TPSA) is 90.5 Å². The molecule has 0 aliphatic carbocycles. The van der Waals surface area contributed by atoms with Crippen LogP contribution in [0.25, 0.3) is 16.8 Å². The number of aryl methyl sites for hydroxylation is 1. The van der Waals surface area contributed by atoms with Gasteiger partial charge in [-0.2, -0.15) is 10.2 Å². The van der Waals surface area contributed by atoms with Gasteiger partial charge in [-0.05, 0) is 50.6 Å². The van der Waals surface area contributed by atoms with Gasteiger partial charge in [0.25, 0.3) is 5.56 Å². The van der Waals surface area contributed by atoms with Crippen LogP contribution >= 0.6 is 0 Å². The zero-order chi connectivity index (χ0) is 19.6. The molecule has 2 aromatic heterocycles. The first-order valence-electron chi connectivity index (χ1n) is 8.84. The summed E-state index contributed by atoms with van der Waals surface area (Å²) in [5.74, 6) is 1.04. The number of amides is 1. The van der Waals surface area contributed by atoms with Crippen LogP contribution in [0.1, 0.15) is 26.1 Å². The highest BCUT2D eigenvalue weighted by Gasteiger charge is 2.15. The zero-order valence-corrected chi connectivity index (χ0v) is 15.9. The van der Waals surface area contributed by atoms with Crippen molar-refractivity contribution in [1.29, 1.82) is 0 Å². The molecular formula is C19H23N5O3. The molecule has 0 radical (unpaired) electrons. The molecule has 8 nitrogen and oxygen atoms in total. The van der Waals surface area contributed by atoms with Crippen molar-refractivity contribution in [3.8, 4) is 17.0 Å². The van der Waals surface area contributed by atoms with E-state index >= 15 is 0 Å². The molecule has 142 valence electrons. The third kappa shape index (κ3) is 3.84. The van der Waals surface area contributed by atoms with Gasteiger partial charge >= 0.3 is 0 Å². The Balaban J connectivity index is 1.96. The molecule has 0 aliphatic heterocycles. The lowest BCUT2D eigenvalue weighted by molar-refractivity contribution is -0.122. The predicted octanol–water partition coefficient (Wildman–Crippen LogP) is 1.79. The minimum absolute atomic E-state index is 0.0506. The average Bonchev–Trinajstić information content (AvgIpc) is 3.12. The number of methoxy groups -OCH3 is 1. The van der Waals surface area contributed by atoms with E-state index in [-0.39, 0.29) is 24.1 Å². The van der Waals surface area contributed by atoms with Crippen LogP contribution in [-0.2, 0) is 11.3 Å². The zero-order valence-electron chi connectivity index (χ0n) is 15.9. The van der Waals surface area contributed by atoms with Gasteiger partial charge in [-0.15, -0.1) is 0 Å². The second kappa shape index (κ2) is 7.61. The van der Waals surface area contributed by atoms with Crippen LogP contribution in [0.5, 0.6) is 5.75 Å². The molecule has 0 fully saturated rings. The van der Waals surface area contributed by atoms with Crippen molar-refractivity contribution in [1.82, 2.24) is 24.7 Å². The highest BCUT2D eigenvalue weighted by Crippen LogP contribution is 2.21. The van der Waals surface area contributed by atoms with E-state index in [1.807, 2.05) is 38.1 Å². The molecule has 2 heterocycles. The SMILES string of the molecule is CC[C@@H](C)NC(=O)Cn1nc(C)n2nc(-c3ccc(OC)cc3)cc2c1=O. The van der Waals surface area contributed by atoms with E-state index in [4.69, 9.17) is 4.74 Å². The van der Waals surface area contributed by atoms with Crippen LogP contribution < -0.4 is 15.6 Å². The van der Waals surface area contributed by atoms with Gasteiger partial charge in [0.2, 0.25) is 5.91 Å². The largest absolute Gasteiger partial charge is 0.497 e. The highest BCUT2D eigenvalue weighted by molar-refractivity contribution is 5.76. The smallest absolute Gasteiger partial charge is 0.293 e. The van der Waals surface area contributed by atoms with E-state index in [2.05, 4.69) is 15.5 Å². The number of hydrogen-bond acceptors (Lipinski definition) is 5. The van der Waals surface area contributed by atoms with E-state index in [1.165, 1.54) is 9.20 Å². The molecule has 0 spiro atoms. The first-order chi connectivity index (χ1) is 12.9. The summed E-state index contributed by atoms with van der Waals surface area (Å²) in [4.78, 5) is 24.9. The van der Waals surface area contributed by atoms with Crippen molar-refractivity contribution in [2.24, 2.45) is 0 Å². The van der Waals surface area contributed by atoms with Crippen LogP contribution in [0, 0.1) is 6.92 Å². The summed E-state index contributed by atoms with van der Waals surface area (Å²) in [5.41, 5.74) is 1.54. The Morgan fingerprint density at radius 1 is 1.26 bits per heavy atom. The lowest BCUT2D eigenvalue weighted by Crippen LogP contribution is -2.38. The number of hydrogen-bond donors (Lipinski definition) is 1. The van der Waals surface area contributed by atoms with Gasteiger partial charge in [0, 0.05) is 11.6 Å². The lowest BCUT2D eigenvalue weighted by atomic mass is 10.1. The summed E-state index contributed by atoms with van der Waals surface area (Å²) < 4.78 is 7.85. The molecule has 0 saturated heterocycles. The van der Waals surface area contributed by atoms with Crippen LogP contribution in [0.2, 0.25) is 0 Å². The Morgan fingerprint density at radius 3 is 2.59 bits per heavy atom. The summed E-state index contributed by atoms with van der Waals surface area (Å²) in [5, 5.41) is 11.6. The Bertz CT molecular complexity index is 1020. The second-order valence-corrected chi connectivity index (χ2v) is 6.44. The van der Waals surface area contributed by atoms with E-state index < -0.39 is 0 Å². The maximum Gasteiger partial charge on any atom is 0.293 e. The first kappa shape index (κ1) is 18.6. The number of rotatable bonds is 6. The quantitative estimate of drug-likeness (QED) is 0.715. The van der Waals surface area contributed by atoms with Crippen molar-refractivity contribution in [3.63, 3.8) is 0 Å². The maximum atomic E-state index is 12.8. The van der Waals surface area contributed by atoms with Crippen LogP contribution in [0.3, 0.4) is 0 Å². The molecule has 1 N–H and O–H groups in total. The fourth-order valence-electron chi connectivity index (χ4n) is 2.74. The predicted molar refractivity (Wildman–Crippen MR) is 102 cm³/mol. The highest BCUT2D eigenvalue weighted by atomic mass is 16.5. The average molecular weight is 369 g/mol. The van der Waals surface area contributed by atoms with Crippen LogP contribution in [-0.4, -0.2) is 38.5 Å². The summed E-state index contributed by atoms with van der Waals surface area (Å²) in [6.45, 7) is 5.53. The molecule has 1 atom stereocenters. The fraction of sp³-hybridized carbons (Fsp3) is 0.368. The number of ether oxygens (including phenoxy) is 1. The lowest BCUT2D eigenvalue weighted by Gasteiger charge is -2.12. The number of benzene rings is 1. The van der Waals surface area contributed by atoms with Crippen molar-refractivity contribution in [2.75, 3.05) is 7.11 Å². The Hall–Kier alpha value is -3.16. The molecule has 1 aromatic carbocycles. The molecule has 8 heteroatoms. The number of aromatic nitrogens is 4. The van der Waals surface area contributed by atoms with E-state index in [0.29, 0.717) is 17.0 Å². The third-order valence-electron chi connectivity index (χ3n) is 4.43. The molecule has 1 amide bonds. The summed E-state index contributed by atoms with van der Waals surface area (Å²) in [7, 11) is 1.61. The van der Waals surface area contributed by atoms with Crippen molar-refractivity contribution >= 4 is 11.4 Å². The van der Waals surface area contributed by atoms with Gasteiger partial charge in [0.15, 0.2) is 0 Å². The summed E-state index contributed by atoms with van der Waals surface area (Å²) in [6.07, 6.45) is 0.819. The van der Waals surface area contributed by atoms with Crippen molar-refractivity contribution < 1.29 is 9.53 Å². The number of nitrogens with one attached hydrogen (secondary N) is 1.